The van der Waals surface area contributed by atoms with Crippen molar-refractivity contribution in [3.05, 3.63) is 34.1 Å². The quantitative estimate of drug-likeness (QED) is 0.464. The molecular formula is C12H15FN2O4. The summed E-state index contributed by atoms with van der Waals surface area (Å²) in [6.07, 6.45) is 0. The van der Waals surface area contributed by atoms with Gasteiger partial charge in [-0.15, -0.1) is 0 Å². The van der Waals surface area contributed by atoms with Gasteiger partial charge in [0.15, 0.2) is 0 Å². The van der Waals surface area contributed by atoms with Crippen LogP contribution >= 0.6 is 0 Å². The predicted octanol–water partition coefficient (Wildman–Crippen LogP) is 1.98. The fraction of sp³-hybridized carbons (Fsp3) is 0.417. The third kappa shape index (κ3) is 3.64. The fourth-order valence-corrected chi connectivity index (χ4v) is 1.74. The van der Waals surface area contributed by atoms with Gasteiger partial charge < -0.3 is 9.64 Å². The molecule has 0 saturated heterocycles. The second-order valence-electron chi connectivity index (χ2n) is 4.19. The Labute approximate surface area is 109 Å². The van der Waals surface area contributed by atoms with Crippen molar-refractivity contribution in [3.63, 3.8) is 0 Å². The summed E-state index contributed by atoms with van der Waals surface area (Å²) < 4.78 is 17.8. The first-order valence-electron chi connectivity index (χ1n) is 5.59. The number of rotatable bonds is 5. The third-order valence-electron chi connectivity index (χ3n) is 2.70. The van der Waals surface area contributed by atoms with Crippen LogP contribution in [-0.4, -0.2) is 31.6 Å². The molecule has 104 valence electrons. The van der Waals surface area contributed by atoms with Crippen molar-refractivity contribution in [2.75, 3.05) is 25.6 Å². The summed E-state index contributed by atoms with van der Waals surface area (Å²) in [6.45, 7) is 1.82. The molecule has 1 atom stereocenters. The molecule has 1 rings (SSSR count). The van der Waals surface area contributed by atoms with E-state index in [2.05, 4.69) is 4.74 Å². The van der Waals surface area contributed by atoms with Crippen LogP contribution in [0.5, 0.6) is 0 Å². The van der Waals surface area contributed by atoms with Crippen LogP contribution in [0.4, 0.5) is 15.8 Å². The Hall–Kier alpha value is -2.18. The highest BCUT2D eigenvalue weighted by Gasteiger charge is 2.22. The molecule has 1 aromatic rings. The van der Waals surface area contributed by atoms with E-state index < -0.39 is 22.6 Å². The Morgan fingerprint density at radius 1 is 1.58 bits per heavy atom. The van der Waals surface area contributed by atoms with E-state index in [1.807, 2.05) is 0 Å². The van der Waals surface area contributed by atoms with Crippen molar-refractivity contribution in [2.45, 2.75) is 6.92 Å². The number of hydrogen-bond donors (Lipinski definition) is 0. The lowest BCUT2D eigenvalue weighted by molar-refractivity contribution is -0.384. The standard InChI is InChI=1S/C12H15FN2O4/c1-8(12(16)19-3)7-14(2)11-6-9(13)4-5-10(11)15(17)18/h4-6,8H,7H2,1-3H3. The highest BCUT2D eigenvalue weighted by molar-refractivity contribution is 5.73. The Kier molecular flexibility index (Phi) is 4.80. The minimum atomic E-state index is -0.589. The number of methoxy groups -OCH3 is 1. The van der Waals surface area contributed by atoms with E-state index in [4.69, 9.17) is 0 Å². The summed E-state index contributed by atoms with van der Waals surface area (Å²) in [5, 5.41) is 10.9. The van der Waals surface area contributed by atoms with E-state index in [9.17, 15) is 19.3 Å². The molecule has 0 bridgehead atoms. The molecule has 6 nitrogen and oxygen atoms in total. The number of esters is 1. The van der Waals surface area contributed by atoms with Gasteiger partial charge in [0.1, 0.15) is 11.5 Å². The zero-order valence-electron chi connectivity index (χ0n) is 10.9. The van der Waals surface area contributed by atoms with Gasteiger partial charge >= 0.3 is 5.97 Å². The van der Waals surface area contributed by atoms with E-state index in [1.165, 1.54) is 12.0 Å². The molecule has 0 heterocycles. The lowest BCUT2D eigenvalue weighted by Crippen LogP contribution is -2.29. The molecule has 0 aliphatic carbocycles. The maximum Gasteiger partial charge on any atom is 0.310 e. The molecule has 7 heteroatoms. The molecule has 1 unspecified atom stereocenters. The van der Waals surface area contributed by atoms with Gasteiger partial charge in [0.2, 0.25) is 0 Å². The Morgan fingerprint density at radius 2 is 2.21 bits per heavy atom. The summed E-state index contributed by atoms with van der Waals surface area (Å²) >= 11 is 0. The molecule has 0 saturated carbocycles. The average Bonchev–Trinajstić information content (AvgIpc) is 2.36. The average molecular weight is 270 g/mol. The number of anilines is 1. The van der Waals surface area contributed by atoms with E-state index in [0.717, 1.165) is 18.2 Å². The number of nitro groups is 1. The Bertz CT molecular complexity index is 493. The first-order valence-corrected chi connectivity index (χ1v) is 5.59. The molecule has 0 aliphatic heterocycles. The number of carbonyl (C=O) groups is 1. The normalized spacial score (nSPS) is 11.8. The smallest absolute Gasteiger partial charge is 0.310 e. The first-order chi connectivity index (χ1) is 8.86. The summed E-state index contributed by atoms with van der Waals surface area (Å²) in [5.41, 5.74) is -0.0817. The van der Waals surface area contributed by atoms with Crippen molar-refractivity contribution in [1.29, 1.82) is 0 Å². The van der Waals surface area contributed by atoms with Crippen molar-refractivity contribution >= 4 is 17.3 Å². The summed E-state index contributed by atoms with van der Waals surface area (Å²) in [5.74, 6) is -1.47. The van der Waals surface area contributed by atoms with E-state index in [-0.39, 0.29) is 17.9 Å². The molecule has 19 heavy (non-hydrogen) atoms. The van der Waals surface area contributed by atoms with Crippen LogP contribution in [0.15, 0.2) is 18.2 Å². The van der Waals surface area contributed by atoms with Crippen LogP contribution in [0.2, 0.25) is 0 Å². The minimum Gasteiger partial charge on any atom is -0.469 e. The molecule has 0 aliphatic rings. The van der Waals surface area contributed by atoms with Crippen LogP contribution in [0.25, 0.3) is 0 Å². The van der Waals surface area contributed by atoms with E-state index in [0.29, 0.717) is 0 Å². The summed E-state index contributed by atoms with van der Waals surface area (Å²) in [7, 11) is 2.82. The fourth-order valence-electron chi connectivity index (χ4n) is 1.74. The van der Waals surface area contributed by atoms with Crippen LogP contribution in [-0.2, 0) is 9.53 Å². The van der Waals surface area contributed by atoms with Crippen molar-refractivity contribution in [2.24, 2.45) is 5.92 Å². The lowest BCUT2D eigenvalue weighted by Gasteiger charge is -2.22. The molecule has 0 spiro atoms. The van der Waals surface area contributed by atoms with Gasteiger partial charge in [-0.1, -0.05) is 6.92 Å². The highest BCUT2D eigenvalue weighted by atomic mass is 19.1. The second-order valence-corrected chi connectivity index (χ2v) is 4.19. The summed E-state index contributed by atoms with van der Waals surface area (Å²) in [4.78, 5) is 23.1. The Morgan fingerprint density at radius 3 is 2.74 bits per heavy atom. The number of nitrogens with zero attached hydrogens (tertiary/aromatic N) is 2. The van der Waals surface area contributed by atoms with Gasteiger partial charge in [-0.3, -0.25) is 14.9 Å². The molecule has 1 aromatic carbocycles. The largest absolute Gasteiger partial charge is 0.469 e. The monoisotopic (exact) mass is 270 g/mol. The van der Waals surface area contributed by atoms with Gasteiger partial charge in [-0.05, 0) is 6.07 Å². The zero-order chi connectivity index (χ0) is 14.6. The SMILES string of the molecule is COC(=O)C(C)CN(C)c1cc(F)ccc1[N+](=O)[O-]. The van der Waals surface area contributed by atoms with Gasteiger partial charge in [0.25, 0.3) is 5.69 Å². The number of halogens is 1. The predicted molar refractivity (Wildman–Crippen MR) is 67.5 cm³/mol. The van der Waals surface area contributed by atoms with Crippen molar-refractivity contribution in [1.82, 2.24) is 0 Å². The second kappa shape index (κ2) is 6.12. The van der Waals surface area contributed by atoms with E-state index in [1.54, 1.807) is 14.0 Å². The number of nitro benzene ring substituents is 1. The third-order valence-corrected chi connectivity index (χ3v) is 2.70. The lowest BCUT2D eigenvalue weighted by atomic mass is 10.1. The molecule has 0 aromatic heterocycles. The first kappa shape index (κ1) is 14.9. The molecule has 0 amide bonds. The van der Waals surface area contributed by atoms with Gasteiger partial charge in [-0.25, -0.2) is 4.39 Å². The van der Waals surface area contributed by atoms with Gasteiger partial charge in [0, 0.05) is 25.7 Å². The number of benzene rings is 1. The van der Waals surface area contributed by atoms with Crippen LogP contribution in [0.1, 0.15) is 6.92 Å². The van der Waals surface area contributed by atoms with Crippen LogP contribution in [0.3, 0.4) is 0 Å². The highest BCUT2D eigenvalue weighted by Crippen LogP contribution is 2.28. The van der Waals surface area contributed by atoms with Gasteiger partial charge in [0.05, 0.1) is 18.0 Å². The van der Waals surface area contributed by atoms with Crippen LogP contribution < -0.4 is 4.90 Å². The topological polar surface area (TPSA) is 72.7 Å². The van der Waals surface area contributed by atoms with Crippen molar-refractivity contribution in [3.8, 4) is 0 Å². The summed E-state index contributed by atoms with van der Waals surface area (Å²) in [6, 6.07) is 3.20. The van der Waals surface area contributed by atoms with Crippen molar-refractivity contribution < 1.29 is 18.8 Å². The molecular weight excluding hydrogens is 255 g/mol. The van der Waals surface area contributed by atoms with Crippen LogP contribution in [0, 0.1) is 21.8 Å². The molecule has 0 fully saturated rings. The maximum atomic E-state index is 13.2. The minimum absolute atomic E-state index is 0.126. The zero-order valence-corrected chi connectivity index (χ0v) is 10.9. The Balaban J connectivity index is 2.98. The molecule has 0 N–H and O–H groups in total. The molecule has 0 radical (unpaired) electrons. The number of ether oxygens (including phenoxy) is 1. The number of hydrogen-bond acceptors (Lipinski definition) is 5. The van der Waals surface area contributed by atoms with Gasteiger partial charge in [-0.2, -0.15) is 0 Å². The van der Waals surface area contributed by atoms with E-state index >= 15 is 0 Å². The maximum absolute atomic E-state index is 13.2. The number of carbonyl (C=O) groups excluding carboxylic acids is 1.